The topological polar surface area (TPSA) is 70.2 Å². The summed E-state index contributed by atoms with van der Waals surface area (Å²) in [6.45, 7) is 5.36. The number of carbonyl (C=O) groups excluding carboxylic acids is 2. The van der Waals surface area contributed by atoms with Gasteiger partial charge in [0.25, 0.3) is 0 Å². The van der Waals surface area contributed by atoms with Crippen LogP contribution in [0.5, 0.6) is 0 Å². The Kier molecular flexibility index (Phi) is 7.75. The molecule has 0 aliphatic rings. The Morgan fingerprint density at radius 3 is 2.48 bits per heavy atom. The third kappa shape index (κ3) is 6.33. The maximum absolute atomic E-state index is 13.5. The number of halogens is 3. The van der Waals surface area contributed by atoms with Gasteiger partial charge in [-0.1, -0.05) is 30.1 Å². The first kappa shape index (κ1) is 19.7. The van der Waals surface area contributed by atoms with Crippen LogP contribution in [0.3, 0.4) is 0 Å². The lowest BCUT2D eigenvalue weighted by Gasteiger charge is -2.16. The van der Waals surface area contributed by atoms with Gasteiger partial charge in [0.1, 0.15) is 5.82 Å². The van der Waals surface area contributed by atoms with E-state index >= 15 is 0 Å². The molecule has 0 fully saturated rings. The van der Waals surface area contributed by atoms with Crippen molar-refractivity contribution in [3.63, 3.8) is 0 Å². The number of carbonyl (C=O) groups is 2. The fraction of sp³-hybridized carbons (Fsp3) is 0.467. The Morgan fingerprint density at radius 1 is 1.22 bits per heavy atom. The predicted octanol–water partition coefficient (Wildman–Crippen LogP) is 3.41. The molecule has 0 radical (unpaired) electrons. The van der Waals surface area contributed by atoms with Crippen molar-refractivity contribution in [2.24, 2.45) is 0 Å². The van der Waals surface area contributed by atoms with Gasteiger partial charge in [-0.2, -0.15) is 0 Å². The minimum atomic E-state index is -0.586. The van der Waals surface area contributed by atoms with Crippen molar-refractivity contribution in [3.05, 3.63) is 33.6 Å². The van der Waals surface area contributed by atoms with E-state index in [1.165, 1.54) is 12.1 Å². The molecule has 3 amide bonds. The fourth-order valence-corrected chi connectivity index (χ4v) is 2.31. The van der Waals surface area contributed by atoms with Crippen LogP contribution in [-0.4, -0.2) is 24.5 Å². The number of hydrogen-bond donors (Lipinski definition) is 3. The molecular formula is C15H20Cl2FN3O2. The Morgan fingerprint density at radius 2 is 1.87 bits per heavy atom. The van der Waals surface area contributed by atoms with Gasteiger partial charge in [0, 0.05) is 17.1 Å². The lowest BCUT2D eigenvalue weighted by molar-refractivity contribution is -0.119. The van der Waals surface area contributed by atoms with Crippen molar-refractivity contribution < 1.29 is 14.0 Å². The Bertz CT molecular complexity index is 584. The van der Waals surface area contributed by atoms with Gasteiger partial charge in [-0.25, -0.2) is 9.18 Å². The number of urea groups is 1. The van der Waals surface area contributed by atoms with Crippen LogP contribution in [0.1, 0.15) is 38.8 Å². The second-order valence-electron chi connectivity index (χ2n) is 5.22. The summed E-state index contributed by atoms with van der Waals surface area (Å²) in [5, 5.41) is 7.93. The van der Waals surface area contributed by atoms with Crippen LogP contribution in [-0.2, 0) is 4.79 Å². The SMILES string of the molecule is CC[C@@H](C)NC(=O)NC(=O)CN[C@@H](C)c1cc(F)c(Cl)cc1Cl. The van der Waals surface area contributed by atoms with Crippen LogP contribution in [0.2, 0.25) is 10.0 Å². The number of nitrogens with one attached hydrogen (secondary N) is 3. The average molecular weight is 364 g/mol. The van der Waals surface area contributed by atoms with Crippen molar-refractivity contribution in [2.45, 2.75) is 39.3 Å². The Hall–Kier alpha value is -1.37. The highest BCUT2D eigenvalue weighted by Crippen LogP contribution is 2.28. The molecule has 2 atom stereocenters. The Balaban J connectivity index is 2.53. The maximum atomic E-state index is 13.5. The third-order valence-electron chi connectivity index (χ3n) is 3.32. The minimum absolute atomic E-state index is 0.0227. The zero-order chi connectivity index (χ0) is 17.6. The molecule has 1 aromatic carbocycles. The normalized spacial score (nSPS) is 13.3. The molecule has 0 saturated heterocycles. The summed E-state index contributed by atoms with van der Waals surface area (Å²) in [6.07, 6.45) is 0.761. The highest BCUT2D eigenvalue weighted by molar-refractivity contribution is 6.35. The van der Waals surface area contributed by atoms with Crippen molar-refractivity contribution in [1.29, 1.82) is 0 Å². The summed E-state index contributed by atoms with van der Waals surface area (Å²) in [7, 11) is 0. The molecular weight excluding hydrogens is 344 g/mol. The second kappa shape index (κ2) is 9.05. The quantitative estimate of drug-likeness (QED) is 0.678. The number of hydrogen-bond acceptors (Lipinski definition) is 3. The second-order valence-corrected chi connectivity index (χ2v) is 6.04. The minimum Gasteiger partial charge on any atom is -0.335 e. The lowest BCUT2D eigenvalue weighted by atomic mass is 10.1. The van der Waals surface area contributed by atoms with E-state index < -0.39 is 23.8 Å². The molecule has 128 valence electrons. The standard InChI is InChI=1S/C15H20Cl2FN3O2/c1-4-8(2)20-15(23)21-14(22)7-19-9(3)10-5-13(18)12(17)6-11(10)16/h5-6,8-9,19H,4,7H2,1-3H3,(H2,20,21,22,23)/t8-,9+/m1/s1. The summed E-state index contributed by atoms with van der Waals surface area (Å²) >= 11 is 11.7. The van der Waals surface area contributed by atoms with E-state index in [-0.39, 0.29) is 17.6 Å². The van der Waals surface area contributed by atoms with Crippen LogP contribution in [0.15, 0.2) is 12.1 Å². The fourth-order valence-electron chi connectivity index (χ4n) is 1.76. The van der Waals surface area contributed by atoms with Crippen molar-refractivity contribution in [3.8, 4) is 0 Å². The molecule has 5 nitrogen and oxygen atoms in total. The van der Waals surface area contributed by atoms with E-state index in [1.807, 2.05) is 13.8 Å². The molecule has 0 unspecified atom stereocenters. The monoisotopic (exact) mass is 363 g/mol. The van der Waals surface area contributed by atoms with Gasteiger partial charge >= 0.3 is 6.03 Å². The first-order chi connectivity index (χ1) is 10.7. The molecule has 1 rings (SSSR count). The lowest BCUT2D eigenvalue weighted by Crippen LogP contribution is -2.46. The molecule has 0 saturated carbocycles. The van der Waals surface area contributed by atoms with Gasteiger partial charge in [-0.05, 0) is 38.0 Å². The summed E-state index contributed by atoms with van der Waals surface area (Å²) in [5.41, 5.74) is 0.477. The third-order valence-corrected chi connectivity index (χ3v) is 3.93. The molecule has 0 bridgehead atoms. The highest BCUT2D eigenvalue weighted by Gasteiger charge is 2.15. The van der Waals surface area contributed by atoms with Crippen molar-refractivity contribution in [2.75, 3.05) is 6.54 Å². The van der Waals surface area contributed by atoms with E-state index in [1.54, 1.807) is 6.92 Å². The van der Waals surface area contributed by atoms with E-state index in [9.17, 15) is 14.0 Å². The van der Waals surface area contributed by atoms with Crippen LogP contribution in [0.25, 0.3) is 0 Å². The van der Waals surface area contributed by atoms with Crippen molar-refractivity contribution >= 4 is 35.1 Å². The molecule has 0 aromatic heterocycles. The van der Waals surface area contributed by atoms with Crippen molar-refractivity contribution in [1.82, 2.24) is 16.0 Å². The summed E-state index contributed by atoms with van der Waals surface area (Å²) < 4.78 is 13.5. The van der Waals surface area contributed by atoms with Gasteiger partial charge in [0.2, 0.25) is 5.91 Å². The number of rotatable bonds is 6. The maximum Gasteiger partial charge on any atom is 0.321 e. The summed E-state index contributed by atoms with van der Waals surface area (Å²) in [4.78, 5) is 23.2. The largest absolute Gasteiger partial charge is 0.335 e. The van der Waals surface area contributed by atoms with Gasteiger partial charge in [-0.15, -0.1) is 0 Å². The average Bonchev–Trinajstić information content (AvgIpc) is 2.48. The molecule has 1 aromatic rings. The number of benzene rings is 1. The molecule has 8 heteroatoms. The molecule has 0 aliphatic carbocycles. The van der Waals surface area contributed by atoms with Gasteiger partial charge < -0.3 is 10.6 Å². The van der Waals surface area contributed by atoms with Gasteiger partial charge in [0.15, 0.2) is 0 Å². The smallest absolute Gasteiger partial charge is 0.321 e. The number of imide groups is 1. The van der Waals surface area contributed by atoms with E-state index in [0.717, 1.165) is 6.42 Å². The summed E-state index contributed by atoms with van der Waals surface area (Å²) in [5.74, 6) is -1.08. The molecule has 23 heavy (non-hydrogen) atoms. The first-order valence-corrected chi connectivity index (χ1v) is 7.98. The number of amides is 3. The van der Waals surface area contributed by atoms with E-state index in [4.69, 9.17) is 23.2 Å². The predicted molar refractivity (Wildman–Crippen MR) is 89.3 cm³/mol. The molecule has 0 spiro atoms. The summed E-state index contributed by atoms with van der Waals surface area (Å²) in [6, 6.07) is 1.57. The van der Waals surface area contributed by atoms with Gasteiger partial charge in [0.05, 0.1) is 11.6 Å². The molecule has 0 heterocycles. The Labute approximate surface area is 144 Å². The molecule has 3 N–H and O–H groups in total. The zero-order valence-electron chi connectivity index (χ0n) is 13.2. The van der Waals surface area contributed by atoms with E-state index in [0.29, 0.717) is 10.6 Å². The van der Waals surface area contributed by atoms with Crippen LogP contribution >= 0.6 is 23.2 Å². The highest BCUT2D eigenvalue weighted by atomic mass is 35.5. The van der Waals surface area contributed by atoms with E-state index in [2.05, 4.69) is 16.0 Å². The first-order valence-electron chi connectivity index (χ1n) is 7.22. The van der Waals surface area contributed by atoms with Gasteiger partial charge in [-0.3, -0.25) is 10.1 Å². The van der Waals surface area contributed by atoms with Crippen LogP contribution < -0.4 is 16.0 Å². The van der Waals surface area contributed by atoms with Crippen LogP contribution in [0.4, 0.5) is 9.18 Å². The molecule has 0 aliphatic heterocycles. The van der Waals surface area contributed by atoms with Crippen LogP contribution in [0, 0.1) is 5.82 Å². The zero-order valence-corrected chi connectivity index (χ0v) is 14.7.